The first-order chi connectivity index (χ1) is 7.50. The van der Waals surface area contributed by atoms with E-state index in [-0.39, 0.29) is 6.04 Å². The third-order valence-electron chi connectivity index (χ3n) is 2.41. The van der Waals surface area contributed by atoms with E-state index >= 15 is 0 Å². The molecular formula is C12H13Cl2NO. The van der Waals surface area contributed by atoms with Gasteiger partial charge in [0.1, 0.15) is 17.3 Å². The highest BCUT2D eigenvalue weighted by atomic mass is 35.5. The zero-order chi connectivity index (χ0) is 11.8. The van der Waals surface area contributed by atoms with Gasteiger partial charge in [-0.15, -0.1) is 5.06 Å². The lowest BCUT2D eigenvalue weighted by Crippen LogP contribution is -2.38. The number of hydroxylamine groups is 2. The van der Waals surface area contributed by atoms with Gasteiger partial charge in [-0.3, -0.25) is 0 Å². The summed E-state index contributed by atoms with van der Waals surface area (Å²) in [6.45, 7) is 3.74. The van der Waals surface area contributed by atoms with Crippen molar-refractivity contribution in [1.82, 2.24) is 5.06 Å². The van der Waals surface area contributed by atoms with Crippen LogP contribution in [0.4, 0.5) is 0 Å². The van der Waals surface area contributed by atoms with E-state index in [0.29, 0.717) is 5.03 Å². The molecule has 1 heterocycles. The quantitative estimate of drug-likeness (QED) is 0.586. The minimum atomic E-state index is -0.617. The highest BCUT2D eigenvalue weighted by Crippen LogP contribution is 2.41. The van der Waals surface area contributed by atoms with Gasteiger partial charge in [0.15, 0.2) is 0 Å². The Morgan fingerprint density at radius 3 is 2.44 bits per heavy atom. The molecule has 0 bridgehead atoms. The topological polar surface area (TPSA) is 12.5 Å². The molecule has 0 aromatic heterocycles. The predicted octanol–water partition coefficient (Wildman–Crippen LogP) is 4.03. The lowest BCUT2D eigenvalue weighted by atomic mass is 10.1. The first-order valence-electron chi connectivity index (χ1n) is 5.05. The first-order valence-corrected chi connectivity index (χ1v) is 5.81. The summed E-state index contributed by atoms with van der Waals surface area (Å²) in [6, 6.07) is 9.79. The van der Waals surface area contributed by atoms with Crippen molar-refractivity contribution in [1.29, 1.82) is 0 Å². The molecule has 0 N–H and O–H groups in total. The molecule has 1 aliphatic rings. The van der Waals surface area contributed by atoms with Crippen LogP contribution >= 0.6 is 23.2 Å². The molecule has 1 unspecified atom stereocenters. The van der Waals surface area contributed by atoms with Gasteiger partial charge in [0.25, 0.3) is 0 Å². The van der Waals surface area contributed by atoms with Crippen LogP contribution in [0, 0.1) is 0 Å². The number of hydrogen-bond acceptors (Lipinski definition) is 2. The van der Waals surface area contributed by atoms with Crippen molar-refractivity contribution in [2.24, 2.45) is 0 Å². The average Bonchev–Trinajstić information content (AvgIpc) is 2.61. The number of rotatable bonds is 2. The Balaban J connectivity index is 2.34. The third kappa shape index (κ3) is 2.19. The number of nitrogens with zero attached hydrogens (tertiary/aromatic N) is 1. The summed E-state index contributed by atoms with van der Waals surface area (Å²) in [6.07, 6.45) is 1.53. The molecule has 0 radical (unpaired) electrons. The van der Waals surface area contributed by atoms with Crippen LogP contribution in [0.1, 0.15) is 25.5 Å². The Labute approximate surface area is 105 Å². The normalized spacial score (nSPS) is 21.8. The maximum atomic E-state index is 6.26. The zero-order valence-corrected chi connectivity index (χ0v) is 10.7. The Morgan fingerprint density at radius 2 is 1.88 bits per heavy atom. The second-order valence-corrected chi connectivity index (χ2v) is 5.52. The molecular weight excluding hydrogens is 245 g/mol. The molecule has 2 rings (SSSR count). The fourth-order valence-electron chi connectivity index (χ4n) is 1.71. The van der Waals surface area contributed by atoms with Gasteiger partial charge in [-0.25, -0.2) is 0 Å². The van der Waals surface area contributed by atoms with Gasteiger partial charge in [-0.2, -0.15) is 0 Å². The Bertz CT molecular complexity index is 397. The highest BCUT2D eigenvalue weighted by Gasteiger charge is 2.39. The number of hydrogen-bond donors (Lipinski definition) is 0. The largest absolute Gasteiger partial charge is 0.410 e. The highest BCUT2D eigenvalue weighted by molar-refractivity contribution is 6.30. The first kappa shape index (κ1) is 11.8. The third-order valence-corrected chi connectivity index (χ3v) is 2.88. The van der Waals surface area contributed by atoms with E-state index in [9.17, 15) is 0 Å². The Morgan fingerprint density at radius 1 is 1.25 bits per heavy atom. The van der Waals surface area contributed by atoms with Crippen LogP contribution in [0.25, 0.3) is 0 Å². The Kier molecular flexibility index (Phi) is 3.15. The van der Waals surface area contributed by atoms with E-state index < -0.39 is 5.00 Å². The second-order valence-electron chi connectivity index (χ2n) is 4.16. The van der Waals surface area contributed by atoms with Crippen LogP contribution in [-0.4, -0.2) is 10.1 Å². The van der Waals surface area contributed by atoms with Gasteiger partial charge in [0, 0.05) is 0 Å². The van der Waals surface area contributed by atoms with Crippen molar-refractivity contribution in [2.75, 3.05) is 0 Å². The SMILES string of the molecule is CC(C)(Cl)N1OC=C(Cl)C1c1ccccc1. The van der Waals surface area contributed by atoms with E-state index in [0.717, 1.165) is 5.56 Å². The number of halogens is 2. The Hall–Kier alpha value is -0.700. The molecule has 16 heavy (non-hydrogen) atoms. The fraction of sp³-hybridized carbons (Fsp3) is 0.333. The van der Waals surface area contributed by atoms with Crippen LogP contribution in [0.2, 0.25) is 0 Å². The molecule has 1 aromatic carbocycles. The van der Waals surface area contributed by atoms with Crippen molar-refractivity contribution < 1.29 is 4.84 Å². The second kappa shape index (κ2) is 4.28. The van der Waals surface area contributed by atoms with Crippen LogP contribution in [0.15, 0.2) is 41.6 Å². The zero-order valence-electron chi connectivity index (χ0n) is 9.15. The minimum absolute atomic E-state index is 0.129. The van der Waals surface area contributed by atoms with E-state index in [1.165, 1.54) is 6.26 Å². The maximum Gasteiger partial charge on any atom is 0.128 e. The van der Waals surface area contributed by atoms with Crippen molar-refractivity contribution >= 4 is 23.2 Å². The number of benzene rings is 1. The molecule has 0 spiro atoms. The molecule has 0 aliphatic carbocycles. The smallest absolute Gasteiger partial charge is 0.128 e. The van der Waals surface area contributed by atoms with E-state index in [4.69, 9.17) is 28.0 Å². The van der Waals surface area contributed by atoms with E-state index in [1.54, 1.807) is 5.06 Å². The molecule has 0 amide bonds. The van der Waals surface area contributed by atoms with Crippen LogP contribution in [0.3, 0.4) is 0 Å². The summed E-state index contributed by atoms with van der Waals surface area (Å²) in [5, 5.41) is 2.33. The summed E-state index contributed by atoms with van der Waals surface area (Å²) in [7, 11) is 0. The molecule has 4 heteroatoms. The molecule has 1 aliphatic heterocycles. The number of alkyl halides is 1. The predicted molar refractivity (Wildman–Crippen MR) is 66.0 cm³/mol. The monoisotopic (exact) mass is 257 g/mol. The summed E-state index contributed by atoms with van der Waals surface area (Å²) >= 11 is 12.4. The molecule has 2 nitrogen and oxygen atoms in total. The molecule has 1 atom stereocenters. The molecule has 0 saturated carbocycles. The lowest BCUT2D eigenvalue weighted by molar-refractivity contribution is -0.145. The molecule has 86 valence electrons. The van der Waals surface area contributed by atoms with Gasteiger partial charge in [0.2, 0.25) is 0 Å². The van der Waals surface area contributed by atoms with Gasteiger partial charge in [0.05, 0.1) is 5.03 Å². The summed E-state index contributed by atoms with van der Waals surface area (Å²) in [5.41, 5.74) is 1.06. The van der Waals surface area contributed by atoms with Gasteiger partial charge in [-0.1, -0.05) is 53.5 Å². The van der Waals surface area contributed by atoms with Crippen molar-refractivity contribution in [3.05, 3.63) is 47.2 Å². The van der Waals surface area contributed by atoms with Gasteiger partial charge in [-0.05, 0) is 19.4 Å². The van der Waals surface area contributed by atoms with Crippen LogP contribution < -0.4 is 0 Å². The lowest BCUT2D eigenvalue weighted by Gasteiger charge is -2.32. The molecule has 0 saturated heterocycles. The summed E-state index contributed by atoms with van der Waals surface area (Å²) in [5.74, 6) is 0. The van der Waals surface area contributed by atoms with E-state index in [2.05, 4.69) is 0 Å². The van der Waals surface area contributed by atoms with Crippen molar-refractivity contribution in [3.8, 4) is 0 Å². The summed E-state index contributed by atoms with van der Waals surface area (Å²) < 4.78 is 0. The fourth-order valence-corrected chi connectivity index (χ4v) is 2.10. The molecule has 0 fully saturated rings. The average molecular weight is 258 g/mol. The van der Waals surface area contributed by atoms with Crippen LogP contribution in [0.5, 0.6) is 0 Å². The summed E-state index contributed by atoms with van der Waals surface area (Å²) in [4.78, 5) is 4.79. The molecule has 1 aromatic rings. The van der Waals surface area contributed by atoms with Gasteiger partial charge < -0.3 is 4.84 Å². The van der Waals surface area contributed by atoms with Gasteiger partial charge >= 0.3 is 0 Å². The van der Waals surface area contributed by atoms with Crippen molar-refractivity contribution in [2.45, 2.75) is 24.9 Å². The maximum absolute atomic E-state index is 6.26. The van der Waals surface area contributed by atoms with E-state index in [1.807, 2.05) is 44.2 Å². The van der Waals surface area contributed by atoms with Crippen LogP contribution in [-0.2, 0) is 4.84 Å². The minimum Gasteiger partial charge on any atom is -0.410 e. The standard InChI is InChI=1S/C12H13Cl2NO/c1-12(2,14)15-11(10(13)8-16-15)9-6-4-3-5-7-9/h3-8,11H,1-2H3. The van der Waals surface area contributed by atoms with Crippen molar-refractivity contribution in [3.63, 3.8) is 0 Å².